The highest BCUT2D eigenvalue weighted by atomic mass is 79.9. The van der Waals surface area contributed by atoms with Gasteiger partial charge in [0.15, 0.2) is 11.5 Å². The molecule has 1 aliphatic carbocycles. The van der Waals surface area contributed by atoms with Crippen LogP contribution in [0.4, 0.5) is 0 Å². The Hall–Kier alpha value is -1.27. The highest BCUT2D eigenvalue weighted by Gasteiger charge is 2.28. The highest BCUT2D eigenvalue weighted by Crippen LogP contribution is 2.41. The first kappa shape index (κ1) is 12.7. The van der Waals surface area contributed by atoms with Crippen LogP contribution in [-0.2, 0) is 4.79 Å². The van der Waals surface area contributed by atoms with Crippen LogP contribution in [0.5, 0.6) is 11.5 Å². The Morgan fingerprint density at radius 3 is 2.95 bits per heavy atom. The van der Waals surface area contributed by atoms with Crippen LogP contribution in [0.15, 0.2) is 16.6 Å². The third kappa shape index (κ3) is 2.69. The van der Waals surface area contributed by atoms with Crippen molar-refractivity contribution in [2.75, 3.05) is 13.3 Å². The number of halogens is 1. The third-order valence-corrected chi connectivity index (χ3v) is 3.93. The smallest absolute Gasteiger partial charge is 0.325 e. The van der Waals surface area contributed by atoms with E-state index in [0.717, 1.165) is 11.0 Å². The fraction of sp³-hybridized carbons (Fsp3) is 0.462. The Kier molecular flexibility index (Phi) is 3.36. The van der Waals surface area contributed by atoms with Gasteiger partial charge >= 0.3 is 5.97 Å². The predicted molar refractivity (Wildman–Crippen MR) is 71.4 cm³/mol. The van der Waals surface area contributed by atoms with Crippen molar-refractivity contribution in [3.8, 4) is 11.5 Å². The summed E-state index contributed by atoms with van der Waals surface area (Å²) in [6, 6.07) is 2.78. The van der Waals surface area contributed by atoms with Crippen molar-refractivity contribution in [2.45, 2.75) is 18.9 Å². The Bertz CT molecular complexity index is 516. The van der Waals surface area contributed by atoms with Crippen molar-refractivity contribution in [3.05, 3.63) is 22.2 Å². The van der Waals surface area contributed by atoms with Gasteiger partial charge in [-0.05, 0) is 58.9 Å². The lowest BCUT2D eigenvalue weighted by atomic mass is 10.1. The van der Waals surface area contributed by atoms with E-state index in [1.165, 1.54) is 12.8 Å². The number of benzene rings is 1. The van der Waals surface area contributed by atoms with E-state index in [1.807, 2.05) is 0 Å². The van der Waals surface area contributed by atoms with Crippen LogP contribution in [-0.4, -0.2) is 24.4 Å². The van der Waals surface area contributed by atoms with E-state index < -0.39 is 12.0 Å². The quantitative estimate of drug-likeness (QED) is 0.868. The molecule has 2 N–H and O–H groups in total. The molecule has 102 valence electrons. The molecule has 0 spiro atoms. The van der Waals surface area contributed by atoms with Gasteiger partial charge in [-0.3, -0.25) is 4.79 Å². The van der Waals surface area contributed by atoms with Gasteiger partial charge in [-0.25, -0.2) is 0 Å². The summed E-state index contributed by atoms with van der Waals surface area (Å²) in [6.07, 6.45) is 2.37. The minimum Gasteiger partial charge on any atom is -0.480 e. The first-order valence-corrected chi connectivity index (χ1v) is 6.99. The molecule has 1 unspecified atom stereocenters. The second kappa shape index (κ2) is 5.02. The van der Waals surface area contributed by atoms with E-state index in [2.05, 4.69) is 21.2 Å². The topological polar surface area (TPSA) is 67.8 Å². The maximum Gasteiger partial charge on any atom is 0.325 e. The van der Waals surface area contributed by atoms with Crippen LogP contribution >= 0.6 is 15.9 Å². The molecule has 19 heavy (non-hydrogen) atoms. The van der Waals surface area contributed by atoms with Gasteiger partial charge in [0.05, 0.1) is 4.47 Å². The summed E-state index contributed by atoms with van der Waals surface area (Å²) in [4.78, 5) is 11.4. The monoisotopic (exact) mass is 327 g/mol. The lowest BCUT2D eigenvalue weighted by molar-refractivity contribution is -0.139. The standard InChI is InChI=1S/C13H14BrNO4/c14-9-3-8(4-10-12(9)19-6-18-10)11(13(16)17)15-5-7-1-2-7/h3-4,7,11,15H,1-2,5-6H2,(H,16,17). The average Bonchev–Trinajstić information content (AvgIpc) is 3.05. The Morgan fingerprint density at radius 1 is 1.47 bits per heavy atom. The molecule has 1 aromatic rings. The molecule has 1 aliphatic heterocycles. The largest absolute Gasteiger partial charge is 0.480 e. The average molecular weight is 328 g/mol. The first-order chi connectivity index (χ1) is 9.15. The maximum atomic E-state index is 11.4. The van der Waals surface area contributed by atoms with E-state index in [0.29, 0.717) is 23.0 Å². The molecule has 3 rings (SSSR count). The number of hydrogen-bond donors (Lipinski definition) is 2. The van der Waals surface area contributed by atoms with Crippen molar-refractivity contribution in [1.29, 1.82) is 0 Å². The minimum atomic E-state index is -0.883. The summed E-state index contributed by atoms with van der Waals surface area (Å²) in [5.74, 6) is 0.963. The molecule has 0 radical (unpaired) electrons. The summed E-state index contributed by atoms with van der Waals surface area (Å²) >= 11 is 3.38. The van der Waals surface area contributed by atoms with Crippen LogP contribution < -0.4 is 14.8 Å². The van der Waals surface area contributed by atoms with Gasteiger partial charge in [-0.2, -0.15) is 0 Å². The van der Waals surface area contributed by atoms with Crippen LogP contribution in [0.1, 0.15) is 24.4 Å². The van der Waals surface area contributed by atoms with Gasteiger partial charge in [0.2, 0.25) is 6.79 Å². The zero-order valence-corrected chi connectivity index (χ0v) is 11.8. The molecular weight excluding hydrogens is 314 g/mol. The lowest BCUT2D eigenvalue weighted by Gasteiger charge is -2.15. The molecule has 0 saturated heterocycles. The summed E-state index contributed by atoms with van der Waals surface area (Å²) < 4.78 is 11.3. The van der Waals surface area contributed by atoms with Crippen molar-refractivity contribution in [1.82, 2.24) is 5.32 Å². The Labute approximate surface area is 119 Å². The first-order valence-electron chi connectivity index (χ1n) is 6.20. The lowest BCUT2D eigenvalue weighted by Crippen LogP contribution is -2.30. The maximum absolute atomic E-state index is 11.4. The Morgan fingerprint density at radius 2 is 2.26 bits per heavy atom. The third-order valence-electron chi connectivity index (χ3n) is 3.34. The number of fused-ring (bicyclic) bond motifs is 1. The van der Waals surface area contributed by atoms with Gasteiger partial charge in [-0.15, -0.1) is 0 Å². The molecule has 0 bridgehead atoms. The van der Waals surface area contributed by atoms with E-state index >= 15 is 0 Å². The summed E-state index contributed by atoms with van der Waals surface area (Å²) in [7, 11) is 0. The number of carboxylic acids is 1. The molecule has 6 heteroatoms. The molecule has 0 aromatic heterocycles. The van der Waals surface area contributed by atoms with E-state index in [-0.39, 0.29) is 6.79 Å². The van der Waals surface area contributed by atoms with Crippen molar-refractivity contribution in [2.24, 2.45) is 5.92 Å². The number of carbonyl (C=O) groups is 1. The molecule has 1 heterocycles. The summed E-state index contributed by atoms with van der Waals surface area (Å²) in [5, 5.41) is 12.4. The number of ether oxygens (including phenoxy) is 2. The molecule has 0 amide bonds. The minimum absolute atomic E-state index is 0.171. The SMILES string of the molecule is O=C(O)C(NCC1CC1)c1cc(Br)c2c(c1)OCO2. The van der Waals surface area contributed by atoms with E-state index in [1.54, 1.807) is 12.1 Å². The number of rotatable bonds is 5. The van der Waals surface area contributed by atoms with Crippen LogP contribution in [0, 0.1) is 5.92 Å². The van der Waals surface area contributed by atoms with Crippen molar-refractivity contribution >= 4 is 21.9 Å². The van der Waals surface area contributed by atoms with E-state index in [4.69, 9.17) is 9.47 Å². The molecule has 1 atom stereocenters. The fourth-order valence-corrected chi connectivity index (χ4v) is 2.68. The zero-order valence-electron chi connectivity index (χ0n) is 10.2. The van der Waals surface area contributed by atoms with Gasteiger partial charge in [0.1, 0.15) is 6.04 Å². The molecular formula is C13H14BrNO4. The predicted octanol–water partition coefficient (Wildman–Crippen LogP) is 2.30. The zero-order chi connectivity index (χ0) is 13.4. The fourth-order valence-electron chi connectivity index (χ4n) is 2.11. The van der Waals surface area contributed by atoms with E-state index in [9.17, 15) is 9.90 Å². The normalized spacial score (nSPS) is 18.4. The number of aliphatic carboxylic acids is 1. The second-order valence-corrected chi connectivity index (χ2v) is 5.71. The molecule has 2 aliphatic rings. The van der Waals surface area contributed by atoms with Gasteiger partial charge < -0.3 is 19.9 Å². The molecule has 1 saturated carbocycles. The van der Waals surface area contributed by atoms with Crippen LogP contribution in [0.2, 0.25) is 0 Å². The number of nitrogens with one attached hydrogen (secondary N) is 1. The van der Waals surface area contributed by atoms with Gasteiger partial charge in [0, 0.05) is 0 Å². The van der Waals surface area contributed by atoms with Gasteiger partial charge in [-0.1, -0.05) is 0 Å². The van der Waals surface area contributed by atoms with Gasteiger partial charge in [0.25, 0.3) is 0 Å². The van der Waals surface area contributed by atoms with Crippen LogP contribution in [0.25, 0.3) is 0 Å². The van der Waals surface area contributed by atoms with Crippen molar-refractivity contribution < 1.29 is 19.4 Å². The number of hydrogen-bond acceptors (Lipinski definition) is 4. The number of carboxylic acid groups (broad SMARTS) is 1. The summed E-state index contributed by atoms with van der Waals surface area (Å²) in [6.45, 7) is 0.910. The highest BCUT2D eigenvalue weighted by molar-refractivity contribution is 9.10. The molecule has 1 fully saturated rings. The summed E-state index contributed by atoms with van der Waals surface area (Å²) in [5.41, 5.74) is 0.671. The molecule has 1 aromatic carbocycles. The Balaban J connectivity index is 1.84. The van der Waals surface area contributed by atoms with Crippen molar-refractivity contribution in [3.63, 3.8) is 0 Å². The molecule has 5 nitrogen and oxygen atoms in total. The van der Waals surface area contributed by atoms with Crippen LogP contribution in [0.3, 0.4) is 0 Å². The second-order valence-electron chi connectivity index (χ2n) is 4.86.